The van der Waals surface area contributed by atoms with Crippen LogP contribution < -0.4 is 32.3 Å². The fraction of sp³-hybridized carbons (Fsp3) is 0.614. The number of fused-ring (bicyclic) bond motifs is 5. The smallest absolute Gasteiger partial charge is 0.248 e. The largest absolute Gasteiger partial charge is 0.512 e. The average Bonchev–Trinajstić information content (AvgIpc) is 4.07. The van der Waals surface area contributed by atoms with Gasteiger partial charge in [-0.25, -0.2) is 0 Å². The number of rotatable bonds is 20. The highest BCUT2D eigenvalue weighted by Crippen LogP contribution is 2.44. The summed E-state index contributed by atoms with van der Waals surface area (Å²) in [5, 5.41) is 36.1. The second-order valence-corrected chi connectivity index (χ2v) is 16.4. The number of nitrogens with zero attached hydrogens (tertiary/aromatic N) is 1. The molecule has 1 fully saturated rings. The summed E-state index contributed by atoms with van der Waals surface area (Å²) in [5.74, 6) is -5.41. The number of nitrogens with one attached hydrogen (secondary N) is 5. The maximum absolute atomic E-state index is 14.4. The van der Waals surface area contributed by atoms with Crippen molar-refractivity contribution in [3.63, 3.8) is 0 Å². The van der Waals surface area contributed by atoms with Crippen molar-refractivity contribution in [3.8, 4) is 5.75 Å². The summed E-state index contributed by atoms with van der Waals surface area (Å²) in [6, 6.07) is -1.49. The first-order valence-corrected chi connectivity index (χ1v) is 21.6. The first-order valence-electron chi connectivity index (χ1n) is 21.6. The number of carbonyl (C=O) groups excluding carboxylic acids is 7. The molecule has 0 radical (unpaired) electrons. The Morgan fingerprint density at radius 1 is 0.934 bits per heavy atom. The molecule has 4 bridgehead atoms. The lowest BCUT2D eigenvalue weighted by Gasteiger charge is -2.35. The number of phenols is 1. The highest BCUT2D eigenvalue weighted by Gasteiger charge is 2.40. The lowest BCUT2D eigenvalue weighted by Crippen LogP contribution is -2.56. The summed E-state index contributed by atoms with van der Waals surface area (Å²) >= 11 is 0. The first kappa shape index (κ1) is 48.4. The van der Waals surface area contributed by atoms with Crippen LogP contribution in [0, 0.1) is 5.92 Å². The number of nitrogens with two attached hydrogens (primary N) is 1. The number of hydrogen-bond donors (Lipinski definition) is 8. The van der Waals surface area contributed by atoms with Crippen molar-refractivity contribution in [1.29, 1.82) is 0 Å². The number of hydrogen-bond acceptors (Lipinski definition) is 11. The van der Waals surface area contributed by atoms with E-state index in [1.165, 1.54) is 50.1 Å². The van der Waals surface area contributed by atoms with E-state index in [9.17, 15) is 43.8 Å². The van der Waals surface area contributed by atoms with Crippen LogP contribution in [0.15, 0.2) is 41.7 Å². The van der Waals surface area contributed by atoms with E-state index in [0.717, 1.165) is 32.1 Å². The van der Waals surface area contributed by atoms with E-state index in [2.05, 4.69) is 33.5 Å². The molecule has 8 atom stereocenters. The van der Waals surface area contributed by atoms with Crippen LogP contribution in [0.5, 0.6) is 5.75 Å². The first-order chi connectivity index (χ1) is 29.1. The number of aromatic hydroxyl groups is 1. The molecule has 17 heteroatoms. The third-order valence-corrected chi connectivity index (χ3v) is 11.6. The van der Waals surface area contributed by atoms with Gasteiger partial charge in [-0.1, -0.05) is 57.2 Å². The number of amides is 6. The van der Waals surface area contributed by atoms with Gasteiger partial charge in [0.15, 0.2) is 5.78 Å². The van der Waals surface area contributed by atoms with Gasteiger partial charge >= 0.3 is 0 Å². The zero-order valence-electron chi connectivity index (χ0n) is 36.1. The zero-order valence-corrected chi connectivity index (χ0v) is 36.1. The summed E-state index contributed by atoms with van der Waals surface area (Å²) in [4.78, 5) is 95.6. The molecule has 9 N–H and O–H groups in total. The molecule has 4 rings (SSSR count). The van der Waals surface area contributed by atoms with Crippen molar-refractivity contribution < 1.29 is 48.5 Å². The van der Waals surface area contributed by atoms with E-state index in [-0.39, 0.29) is 66.7 Å². The van der Waals surface area contributed by atoms with Gasteiger partial charge in [0.1, 0.15) is 41.8 Å². The number of epoxide rings is 1. The predicted octanol–water partition coefficient (Wildman–Crippen LogP) is 2.34. The maximum Gasteiger partial charge on any atom is 0.248 e. The summed E-state index contributed by atoms with van der Waals surface area (Å²) in [5.41, 5.74) is 6.89. The molecule has 6 amide bonds. The lowest BCUT2D eigenvalue weighted by molar-refractivity contribution is -0.143. The van der Waals surface area contributed by atoms with Gasteiger partial charge < -0.3 is 52.2 Å². The fourth-order valence-electron chi connectivity index (χ4n) is 7.80. The molecule has 0 spiro atoms. The van der Waals surface area contributed by atoms with Crippen molar-refractivity contribution in [2.75, 3.05) is 26.7 Å². The molecular formula is C44H65N7O10. The van der Waals surface area contributed by atoms with E-state index in [4.69, 9.17) is 10.5 Å². The van der Waals surface area contributed by atoms with E-state index >= 15 is 0 Å². The monoisotopic (exact) mass is 851 g/mol. The van der Waals surface area contributed by atoms with Crippen molar-refractivity contribution >= 4 is 41.2 Å². The molecule has 61 heavy (non-hydrogen) atoms. The number of benzene rings is 1. The van der Waals surface area contributed by atoms with Crippen LogP contribution in [0.4, 0.5) is 0 Å². The molecule has 336 valence electrons. The van der Waals surface area contributed by atoms with Crippen molar-refractivity contribution in [2.24, 2.45) is 11.7 Å². The van der Waals surface area contributed by atoms with E-state index in [1.807, 2.05) is 0 Å². The summed E-state index contributed by atoms with van der Waals surface area (Å²) in [6.07, 6.45) is 8.96. The van der Waals surface area contributed by atoms with Crippen molar-refractivity contribution in [1.82, 2.24) is 31.5 Å². The van der Waals surface area contributed by atoms with Gasteiger partial charge in [-0.3, -0.25) is 33.6 Å². The number of ketones is 1. The number of Topliss-reactive ketones (excluding diaryl/α,β-unsaturated/α-hetero) is 1. The fourth-order valence-corrected chi connectivity index (χ4v) is 7.80. The SMILES string of the molecule is CCCCCCCC(=O)NCCC(=O)N[C@@H](CCCCN)C(=O)N(C)[C@@H]1C(=O)N[C@@H](C)C(=O)N[C@H](C(=O)N[C@@H](C)C(=O)C2CO2)CC2=CC=C(O)C(c3cc1ccc3O)C2C. The Morgan fingerprint density at radius 2 is 1.66 bits per heavy atom. The highest BCUT2D eigenvalue weighted by atomic mass is 16.6. The molecule has 2 heterocycles. The minimum absolute atomic E-state index is 0.0242. The van der Waals surface area contributed by atoms with Gasteiger partial charge in [-0.05, 0) is 82.2 Å². The van der Waals surface area contributed by atoms with E-state index in [1.54, 1.807) is 13.0 Å². The van der Waals surface area contributed by atoms with Crippen LogP contribution in [0.25, 0.3) is 0 Å². The van der Waals surface area contributed by atoms with Crippen molar-refractivity contribution in [2.45, 2.75) is 141 Å². The number of aliphatic hydroxyl groups is 1. The summed E-state index contributed by atoms with van der Waals surface area (Å²) in [6.45, 7) is 7.55. The van der Waals surface area contributed by atoms with Crippen LogP contribution >= 0.6 is 0 Å². The molecule has 3 aliphatic rings. The molecule has 0 aromatic heterocycles. The van der Waals surface area contributed by atoms with Crippen molar-refractivity contribution in [3.05, 3.63) is 52.8 Å². The Bertz CT molecular complexity index is 1830. The Morgan fingerprint density at radius 3 is 2.34 bits per heavy atom. The van der Waals surface area contributed by atoms with E-state index in [0.29, 0.717) is 31.4 Å². The van der Waals surface area contributed by atoms with Gasteiger partial charge in [-0.2, -0.15) is 0 Å². The van der Waals surface area contributed by atoms with Gasteiger partial charge in [0.05, 0.1) is 18.6 Å². The molecule has 3 unspecified atom stereocenters. The zero-order chi connectivity index (χ0) is 44.8. The number of unbranched alkanes of at least 4 members (excludes halogenated alkanes) is 5. The highest BCUT2D eigenvalue weighted by molar-refractivity contribution is 5.97. The standard InChI is InChI=1S/C44H65N7O10/c1-6-7-8-9-10-14-36(54)46-21-19-37(55)49-31(13-11-12-20-45)44(60)51(5)39-29-16-17-33(52)30(22-29)38-25(2)28(15-18-34(38)53)23-32(50-41(57)27(4)48-43(39)59)42(58)47-26(3)40(56)35-24-61-35/h15-18,22,25-27,31-32,35,38-39,52-53H,6-14,19-21,23-24,45H2,1-5H3,(H,46,54)(H,47,58)(H,48,59)(H,49,55)(H,50,57)/t25?,26-,27-,31-,32-,35?,38?,39-/m0/s1. The summed E-state index contributed by atoms with van der Waals surface area (Å²) in [7, 11) is 1.40. The minimum Gasteiger partial charge on any atom is -0.512 e. The number of carbonyl (C=O) groups is 7. The normalized spacial score (nSPS) is 23.4. The lowest BCUT2D eigenvalue weighted by atomic mass is 9.75. The van der Waals surface area contributed by atoms with Crippen LogP contribution in [0.3, 0.4) is 0 Å². The number of ether oxygens (including phenoxy) is 1. The molecule has 2 aliphatic heterocycles. The summed E-state index contributed by atoms with van der Waals surface area (Å²) < 4.78 is 5.08. The maximum atomic E-state index is 14.4. The molecule has 1 aromatic carbocycles. The van der Waals surface area contributed by atoms with Crippen LogP contribution in [-0.4, -0.2) is 113 Å². The second-order valence-electron chi connectivity index (χ2n) is 16.4. The molecule has 0 saturated carbocycles. The predicted molar refractivity (Wildman–Crippen MR) is 227 cm³/mol. The molecular weight excluding hydrogens is 787 g/mol. The minimum atomic E-state index is -1.41. The Labute approximate surface area is 358 Å². The second kappa shape index (κ2) is 23.1. The third-order valence-electron chi connectivity index (χ3n) is 11.6. The van der Waals surface area contributed by atoms with Crippen LogP contribution in [0.2, 0.25) is 0 Å². The van der Waals surface area contributed by atoms with Crippen LogP contribution in [-0.2, 0) is 38.3 Å². The third kappa shape index (κ3) is 13.6. The molecule has 1 aliphatic carbocycles. The van der Waals surface area contributed by atoms with Gasteiger partial charge in [0.25, 0.3) is 0 Å². The molecule has 1 saturated heterocycles. The number of phenolic OH excluding ortho intramolecular Hbond substituents is 1. The van der Waals surface area contributed by atoms with Gasteiger partial charge in [-0.15, -0.1) is 0 Å². The molecule has 1 aromatic rings. The quantitative estimate of drug-likeness (QED) is 0.0698. The number of likely N-dealkylation sites (N-methyl/N-ethyl adjacent to an activating group) is 1. The van der Waals surface area contributed by atoms with Gasteiger partial charge in [0.2, 0.25) is 35.4 Å². The van der Waals surface area contributed by atoms with E-state index < -0.39 is 77.7 Å². The Balaban J connectivity index is 1.62. The van der Waals surface area contributed by atoms with Crippen LogP contribution in [0.1, 0.15) is 121 Å². The Kier molecular flexibility index (Phi) is 18.3. The molecule has 17 nitrogen and oxygen atoms in total. The number of aliphatic hydroxyl groups excluding tert-OH is 1. The topological polar surface area (TPSA) is 262 Å². The number of allylic oxidation sites excluding steroid dienone is 3. The Hall–Kier alpha value is -5.29. The van der Waals surface area contributed by atoms with Gasteiger partial charge in [0, 0.05) is 32.0 Å². The average molecular weight is 852 g/mol.